The number of thioether (sulfide) groups is 1. The first-order valence-electron chi connectivity index (χ1n) is 8.54. The predicted molar refractivity (Wildman–Crippen MR) is 106 cm³/mol. The molecular formula is C20H19ClN4S. The van der Waals surface area contributed by atoms with E-state index in [0.29, 0.717) is 0 Å². The Morgan fingerprint density at radius 2 is 1.96 bits per heavy atom. The summed E-state index contributed by atoms with van der Waals surface area (Å²) in [6, 6.07) is 14.0. The van der Waals surface area contributed by atoms with Gasteiger partial charge in [0.15, 0.2) is 5.16 Å². The topological polar surface area (TPSA) is 41.9 Å². The Morgan fingerprint density at radius 1 is 1.12 bits per heavy atom. The molecule has 0 amide bonds. The average molecular weight is 383 g/mol. The summed E-state index contributed by atoms with van der Waals surface area (Å²) in [5.74, 6) is 0. The molecular weight excluding hydrogens is 364 g/mol. The Labute approximate surface area is 162 Å². The molecule has 0 unspecified atom stereocenters. The highest BCUT2D eigenvalue weighted by molar-refractivity contribution is 7.98. The van der Waals surface area contributed by atoms with Gasteiger partial charge in [0.05, 0.1) is 17.1 Å². The van der Waals surface area contributed by atoms with Crippen molar-refractivity contribution in [3.63, 3.8) is 0 Å². The van der Waals surface area contributed by atoms with Crippen molar-refractivity contribution in [2.45, 2.75) is 24.7 Å². The summed E-state index contributed by atoms with van der Waals surface area (Å²) >= 11 is 7.57. The molecule has 1 aromatic carbocycles. The van der Waals surface area contributed by atoms with Gasteiger partial charge in [0, 0.05) is 48.4 Å². The molecule has 26 heavy (non-hydrogen) atoms. The summed E-state index contributed by atoms with van der Waals surface area (Å²) in [6.07, 6.45) is 4.94. The lowest BCUT2D eigenvalue weighted by Crippen LogP contribution is -2.31. The van der Waals surface area contributed by atoms with E-state index < -0.39 is 0 Å². The molecule has 0 fully saturated rings. The van der Waals surface area contributed by atoms with Crippen molar-refractivity contribution in [2.24, 2.45) is 0 Å². The van der Waals surface area contributed by atoms with Crippen molar-refractivity contribution in [3.05, 3.63) is 70.6 Å². The number of hydrogen-bond acceptors (Lipinski definition) is 5. The van der Waals surface area contributed by atoms with Gasteiger partial charge < -0.3 is 0 Å². The smallest absolute Gasteiger partial charge is 0.187 e. The number of aromatic nitrogens is 3. The lowest BCUT2D eigenvalue weighted by Gasteiger charge is -2.27. The van der Waals surface area contributed by atoms with Gasteiger partial charge >= 0.3 is 0 Å². The van der Waals surface area contributed by atoms with Crippen molar-refractivity contribution >= 4 is 23.4 Å². The quantitative estimate of drug-likeness (QED) is 0.491. The van der Waals surface area contributed by atoms with Crippen LogP contribution >= 0.6 is 23.4 Å². The zero-order valence-corrected chi connectivity index (χ0v) is 16.1. The Kier molecular flexibility index (Phi) is 5.20. The Balaban J connectivity index is 1.49. The van der Waals surface area contributed by atoms with Gasteiger partial charge in [-0.1, -0.05) is 41.6 Å². The van der Waals surface area contributed by atoms with Crippen LogP contribution in [-0.2, 0) is 19.5 Å². The van der Waals surface area contributed by atoms with Gasteiger partial charge in [0.2, 0.25) is 0 Å². The van der Waals surface area contributed by atoms with Gasteiger partial charge in [0.1, 0.15) is 0 Å². The fourth-order valence-electron chi connectivity index (χ4n) is 3.17. The van der Waals surface area contributed by atoms with Gasteiger partial charge in [0.25, 0.3) is 0 Å². The van der Waals surface area contributed by atoms with E-state index in [1.54, 1.807) is 11.8 Å². The molecule has 0 atom stereocenters. The first kappa shape index (κ1) is 17.5. The molecule has 3 heterocycles. The van der Waals surface area contributed by atoms with E-state index in [-0.39, 0.29) is 0 Å². The van der Waals surface area contributed by atoms with E-state index in [9.17, 15) is 0 Å². The summed E-state index contributed by atoms with van der Waals surface area (Å²) in [5, 5.41) is 1.60. The minimum atomic E-state index is 0.740. The molecule has 1 aliphatic rings. The zero-order chi connectivity index (χ0) is 17.9. The minimum absolute atomic E-state index is 0.740. The maximum absolute atomic E-state index is 5.98. The SMILES string of the molecule is CSc1ncc2c(n1)CCN(Cc1cccc(-c3ccc(Cl)cc3)n1)C2. The zero-order valence-electron chi connectivity index (χ0n) is 14.5. The van der Waals surface area contributed by atoms with Gasteiger partial charge in [-0.25, -0.2) is 9.97 Å². The van der Waals surface area contributed by atoms with E-state index in [2.05, 4.69) is 27.0 Å². The van der Waals surface area contributed by atoms with Crippen LogP contribution in [0.3, 0.4) is 0 Å². The van der Waals surface area contributed by atoms with Crippen molar-refractivity contribution in [3.8, 4) is 11.3 Å². The molecule has 0 radical (unpaired) electrons. The van der Waals surface area contributed by atoms with Crippen molar-refractivity contribution in [2.75, 3.05) is 12.8 Å². The van der Waals surface area contributed by atoms with E-state index in [0.717, 1.165) is 53.2 Å². The van der Waals surface area contributed by atoms with Crippen LogP contribution in [-0.4, -0.2) is 32.7 Å². The fourth-order valence-corrected chi connectivity index (χ4v) is 3.65. The van der Waals surface area contributed by atoms with Gasteiger partial charge in [-0.2, -0.15) is 0 Å². The van der Waals surface area contributed by atoms with Crippen LogP contribution in [0.25, 0.3) is 11.3 Å². The molecule has 0 aliphatic carbocycles. The normalized spacial score (nSPS) is 14.2. The number of nitrogens with zero attached hydrogens (tertiary/aromatic N) is 4. The van der Waals surface area contributed by atoms with Crippen molar-refractivity contribution in [1.29, 1.82) is 0 Å². The number of fused-ring (bicyclic) bond motifs is 1. The monoisotopic (exact) mass is 382 g/mol. The maximum atomic E-state index is 5.98. The second-order valence-electron chi connectivity index (χ2n) is 6.31. The standard InChI is InChI=1S/C20H19ClN4S/c1-26-20-22-11-15-12-25(10-9-19(15)24-20)13-17-3-2-4-18(23-17)14-5-7-16(21)8-6-14/h2-8,11H,9-10,12-13H2,1H3. The second-order valence-corrected chi connectivity index (χ2v) is 7.52. The highest BCUT2D eigenvalue weighted by atomic mass is 35.5. The van der Waals surface area contributed by atoms with Crippen LogP contribution in [0, 0.1) is 0 Å². The summed E-state index contributed by atoms with van der Waals surface area (Å²) in [4.78, 5) is 16.3. The van der Waals surface area contributed by atoms with Crippen LogP contribution in [0.1, 0.15) is 17.0 Å². The molecule has 0 saturated carbocycles. The van der Waals surface area contributed by atoms with E-state index >= 15 is 0 Å². The van der Waals surface area contributed by atoms with Crippen LogP contribution in [0.2, 0.25) is 5.02 Å². The summed E-state index contributed by atoms with van der Waals surface area (Å²) in [6.45, 7) is 2.69. The van der Waals surface area contributed by atoms with Crippen LogP contribution in [0.5, 0.6) is 0 Å². The van der Waals surface area contributed by atoms with E-state index in [1.807, 2.05) is 42.8 Å². The number of rotatable bonds is 4. The maximum Gasteiger partial charge on any atom is 0.187 e. The van der Waals surface area contributed by atoms with Gasteiger partial charge in [-0.3, -0.25) is 9.88 Å². The molecule has 2 aromatic heterocycles. The third-order valence-corrected chi connectivity index (χ3v) is 5.32. The highest BCUT2D eigenvalue weighted by Crippen LogP contribution is 2.22. The van der Waals surface area contributed by atoms with E-state index in [1.165, 1.54) is 11.3 Å². The average Bonchev–Trinajstić information content (AvgIpc) is 2.68. The third-order valence-electron chi connectivity index (χ3n) is 4.51. The van der Waals surface area contributed by atoms with Crippen molar-refractivity contribution in [1.82, 2.24) is 19.9 Å². The van der Waals surface area contributed by atoms with E-state index in [4.69, 9.17) is 16.6 Å². The Bertz CT molecular complexity index is 914. The Morgan fingerprint density at radius 3 is 2.77 bits per heavy atom. The second kappa shape index (κ2) is 7.74. The molecule has 4 rings (SSSR count). The molecule has 0 bridgehead atoms. The summed E-state index contributed by atoms with van der Waals surface area (Å²) < 4.78 is 0. The third kappa shape index (κ3) is 3.90. The molecule has 0 N–H and O–H groups in total. The van der Waals surface area contributed by atoms with Crippen LogP contribution < -0.4 is 0 Å². The first-order chi connectivity index (χ1) is 12.7. The Hall–Kier alpha value is -1.95. The lowest BCUT2D eigenvalue weighted by atomic mass is 10.1. The van der Waals surface area contributed by atoms with Crippen LogP contribution in [0.15, 0.2) is 53.8 Å². The molecule has 4 nitrogen and oxygen atoms in total. The molecule has 6 heteroatoms. The number of benzene rings is 1. The number of hydrogen-bond donors (Lipinski definition) is 0. The molecule has 1 aliphatic heterocycles. The summed E-state index contributed by atoms with van der Waals surface area (Å²) in [5.41, 5.74) is 5.54. The molecule has 0 spiro atoms. The number of halogens is 1. The minimum Gasteiger partial charge on any atom is -0.293 e. The molecule has 132 valence electrons. The van der Waals surface area contributed by atoms with Crippen LogP contribution in [0.4, 0.5) is 0 Å². The highest BCUT2D eigenvalue weighted by Gasteiger charge is 2.19. The largest absolute Gasteiger partial charge is 0.293 e. The first-order valence-corrected chi connectivity index (χ1v) is 10.1. The fraction of sp³-hybridized carbons (Fsp3) is 0.250. The summed E-state index contributed by atoms with van der Waals surface area (Å²) in [7, 11) is 0. The van der Waals surface area contributed by atoms with Crippen molar-refractivity contribution < 1.29 is 0 Å². The predicted octanol–water partition coefficient (Wildman–Crippen LogP) is 4.47. The molecule has 3 aromatic rings. The molecule has 0 saturated heterocycles. The van der Waals surface area contributed by atoms with Gasteiger partial charge in [-0.05, 0) is 30.5 Å². The number of pyridine rings is 1. The lowest BCUT2D eigenvalue weighted by molar-refractivity contribution is 0.239. The van der Waals surface area contributed by atoms with Gasteiger partial charge in [-0.15, -0.1) is 0 Å².